The number of benzene rings is 1. The Bertz CT molecular complexity index is 798. The summed E-state index contributed by atoms with van der Waals surface area (Å²) in [6, 6.07) is 6.78. The number of thioether (sulfide) groups is 1. The van der Waals surface area contributed by atoms with Crippen molar-refractivity contribution in [3.8, 4) is 0 Å². The van der Waals surface area contributed by atoms with Crippen molar-refractivity contribution in [2.75, 3.05) is 42.7 Å². The number of amides is 2. The molecule has 1 aromatic heterocycles. The molecule has 3 N–H and O–H groups in total. The second-order valence-electron chi connectivity index (χ2n) is 5.93. The maximum atomic E-state index is 12.3. The van der Waals surface area contributed by atoms with E-state index in [9.17, 15) is 18.0 Å². The van der Waals surface area contributed by atoms with Crippen molar-refractivity contribution in [3.05, 3.63) is 36.2 Å². The molecule has 28 heavy (non-hydrogen) atoms. The van der Waals surface area contributed by atoms with Crippen LogP contribution in [-0.4, -0.2) is 48.7 Å². The standard InChI is InChI=1S/C17H21F3N6OS/c1-11-23-14(10-15(24-11)26(2)3)21-8-9-22-16(27)25-12-4-6-13(7-5-12)28-17(18,19)20/h4-7,10H,8-9H2,1-3H3,(H,21,23,24)(H2,22,25,27). The molecule has 152 valence electrons. The first-order valence-corrected chi connectivity index (χ1v) is 9.11. The molecule has 0 bridgehead atoms. The highest BCUT2D eigenvalue weighted by Gasteiger charge is 2.29. The molecule has 2 rings (SSSR count). The Morgan fingerprint density at radius 3 is 2.43 bits per heavy atom. The Balaban J connectivity index is 1.76. The number of nitrogens with one attached hydrogen (secondary N) is 3. The summed E-state index contributed by atoms with van der Waals surface area (Å²) in [6.07, 6.45) is 0. The zero-order chi connectivity index (χ0) is 20.7. The molecular formula is C17H21F3N6OS. The summed E-state index contributed by atoms with van der Waals surface area (Å²) in [5, 5.41) is 8.32. The number of carbonyl (C=O) groups excluding carboxylic acids is 1. The first kappa shape index (κ1) is 21.6. The molecule has 11 heteroatoms. The maximum absolute atomic E-state index is 12.3. The van der Waals surface area contributed by atoms with E-state index in [-0.39, 0.29) is 16.7 Å². The minimum absolute atomic E-state index is 0.0555. The van der Waals surface area contributed by atoms with E-state index >= 15 is 0 Å². The fourth-order valence-electron chi connectivity index (χ4n) is 2.15. The number of halogens is 3. The molecule has 0 aliphatic carbocycles. The van der Waals surface area contributed by atoms with Crippen LogP contribution < -0.4 is 20.9 Å². The van der Waals surface area contributed by atoms with E-state index in [0.717, 1.165) is 5.82 Å². The molecular weight excluding hydrogens is 393 g/mol. The van der Waals surface area contributed by atoms with Gasteiger partial charge in [-0.05, 0) is 43.0 Å². The van der Waals surface area contributed by atoms with Gasteiger partial charge in [-0.15, -0.1) is 0 Å². The van der Waals surface area contributed by atoms with Crippen molar-refractivity contribution in [2.45, 2.75) is 17.3 Å². The molecule has 0 saturated carbocycles. The van der Waals surface area contributed by atoms with Gasteiger partial charge < -0.3 is 20.9 Å². The summed E-state index contributed by atoms with van der Waals surface area (Å²) in [4.78, 5) is 22.4. The summed E-state index contributed by atoms with van der Waals surface area (Å²) >= 11 is -0.203. The van der Waals surface area contributed by atoms with Crippen molar-refractivity contribution >= 4 is 35.1 Å². The molecule has 2 aromatic rings. The van der Waals surface area contributed by atoms with Crippen LogP contribution in [0.2, 0.25) is 0 Å². The van der Waals surface area contributed by atoms with Crippen molar-refractivity contribution in [1.29, 1.82) is 0 Å². The second kappa shape index (κ2) is 9.49. The van der Waals surface area contributed by atoms with E-state index in [4.69, 9.17) is 0 Å². The van der Waals surface area contributed by atoms with Gasteiger partial charge in [0.05, 0.1) is 0 Å². The van der Waals surface area contributed by atoms with Crippen LogP contribution in [-0.2, 0) is 0 Å². The van der Waals surface area contributed by atoms with Crippen LogP contribution >= 0.6 is 11.8 Å². The van der Waals surface area contributed by atoms with Gasteiger partial charge in [-0.3, -0.25) is 0 Å². The molecule has 7 nitrogen and oxygen atoms in total. The molecule has 0 saturated heterocycles. The van der Waals surface area contributed by atoms with Crippen LogP contribution in [0.1, 0.15) is 5.82 Å². The highest BCUT2D eigenvalue weighted by molar-refractivity contribution is 8.00. The molecule has 0 aliphatic heterocycles. The van der Waals surface area contributed by atoms with Crippen LogP contribution in [0.3, 0.4) is 0 Å². The third-order valence-electron chi connectivity index (χ3n) is 3.35. The number of urea groups is 1. The van der Waals surface area contributed by atoms with Gasteiger partial charge in [0, 0.05) is 43.8 Å². The second-order valence-corrected chi connectivity index (χ2v) is 7.07. The average Bonchev–Trinajstić information content (AvgIpc) is 2.59. The minimum Gasteiger partial charge on any atom is -0.368 e. The van der Waals surface area contributed by atoms with Gasteiger partial charge in [0.2, 0.25) is 0 Å². The number of aromatic nitrogens is 2. The Kier molecular flexibility index (Phi) is 7.32. The van der Waals surface area contributed by atoms with Crippen molar-refractivity contribution < 1.29 is 18.0 Å². The maximum Gasteiger partial charge on any atom is 0.446 e. The largest absolute Gasteiger partial charge is 0.446 e. The average molecular weight is 414 g/mol. The van der Waals surface area contributed by atoms with Gasteiger partial charge in [-0.25, -0.2) is 14.8 Å². The molecule has 1 aromatic carbocycles. The molecule has 0 atom stereocenters. The molecule has 1 heterocycles. The van der Waals surface area contributed by atoms with Crippen LogP contribution in [0, 0.1) is 6.92 Å². The fourth-order valence-corrected chi connectivity index (χ4v) is 2.69. The smallest absolute Gasteiger partial charge is 0.368 e. The summed E-state index contributed by atoms with van der Waals surface area (Å²) in [5.41, 5.74) is -3.94. The van der Waals surface area contributed by atoms with Crippen LogP contribution in [0.5, 0.6) is 0 Å². The highest BCUT2D eigenvalue weighted by atomic mass is 32.2. The van der Waals surface area contributed by atoms with E-state index in [0.29, 0.717) is 30.4 Å². The molecule has 0 radical (unpaired) electrons. The van der Waals surface area contributed by atoms with Gasteiger partial charge >= 0.3 is 11.5 Å². The van der Waals surface area contributed by atoms with Gasteiger partial charge in [0.1, 0.15) is 17.5 Å². The normalized spacial score (nSPS) is 11.1. The number of hydrogen-bond acceptors (Lipinski definition) is 6. The lowest BCUT2D eigenvalue weighted by molar-refractivity contribution is -0.0328. The number of nitrogens with zero attached hydrogens (tertiary/aromatic N) is 3. The van der Waals surface area contributed by atoms with E-state index in [1.54, 1.807) is 13.0 Å². The molecule has 0 aliphatic rings. The quantitative estimate of drug-likeness (QED) is 0.474. The van der Waals surface area contributed by atoms with Crippen molar-refractivity contribution in [2.24, 2.45) is 0 Å². The Hall–Kier alpha value is -2.69. The first-order valence-electron chi connectivity index (χ1n) is 8.30. The molecule has 0 fully saturated rings. The Labute approximate surface area is 165 Å². The summed E-state index contributed by atoms with van der Waals surface area (Å²) in [6.45, 7) is 2.56. The van der Waals surface area contributed by atoms with Crippen molar-refractivity contribution in [3.63, 3.8) is 0 Å². The number of carbonyl (C=O) groups is 1. The highest BCUT2D eigenvalue weighted by Crippen LogP contribution is 2.36. The van der Waals surface area contributed by atoms with E-state index < -0.39 is 11.5 Å². The van der Waals surface area contributed by atoms with E-state index in [2.05, 4.69) is 25.9 Å². The SMILES string of the molecule is Cc1nc(NCCNC(=O)Nc2ccc(SC(F)(F)F)cc2)cc(N(C)C)n1. The van der Waals surface area contributed by atoms with Crippen molar-refractivity contribution in [1.82, 2.24) is 15.3 Å². The summed E-state index contributed by atoms with van der Waals surface area (Å²) < 4.78 is 36.9. The number of rotatable bonds is 7. The lowest BCUT2D eigenvalue weighted by atomic mass is 10.3. The van der Waals surface area contributed by atoms with Gasteiger partial charge in [-0.1, -0.05) is 0 Å². The summed E-state index contributed by atoms with van der Waals surface area (Å²) in [5.74, 6) is 2.05. The Morgan fingerprint density at radius 1 is 1.14 bits per heavy atom. The van der Waals surface area contributed by atoms with Crippen LogP contribution in [0.15, 0.2) is 35.2 Å². The van der Waals surface area contributed by atoms with Gasteiger partial charge in [0.25, 0.3) is 0 Å². The van der Waals surface area contributed by atoms with E-state index in [1.165, 1.54) is 24.3 Å². The molecule has 0 unspecified atom stereocenters. The lowest BCUT2D eigenvalue weighted by Crippen LogP contribution is -2.32. The zero-order valence-corrected chi connectivity index (χ0v) is 16.4. The van der Waals surface area contributed by atoms with Crippen LogP contribution in [0.4, 0.5) is 35.3 Å². The minimum atomic E-state index is -4.34. The lowest BCUT2D eigenvalue weighted by Gasteiger charge is -2.14. The van der Waals surface area contributed by atoms with E-state index in [1.807, 2.05) is 19.0 Å². The predicted octanol–water partition coefficient (Wildman–Crippen LogP) is 3.70. The monoisotopic (exact) mass is 414 g/mol. The number of anilines is 3. The third-order valence-corrected chi connectivity index (χ3v) is 4.08. The topological polar surface area (TPSA) is 82.2 Å². The van der Waals surface area contributed by atoms with Gasteiger partial charge in [0.15, 0.2) is 0 Å². The van der Waals surface area contributed by atoms with Gasteiger partial charge in [-0.2, -0.15) is 13.2 Å². The first-order chi connectivity index (χ1) is 13.1. The third kappa shape index (κ3) is 7.51. The molecule has 0 spiro atoms. The number of hydrogen-bond donors (Lipinski definition) is 3. The zero-order valence-electron chi connectivity index (χ0n) is 15.6. The summed E-state index contributed by atoms with van der Waals surface area (Å²) in [7, 11) is 3.76. The Morgan fingerprint density at radius 2 is 1.82 bits per heavy atom. The van der Waals surface area contributed by atoms with Crippen LogP contribution in [0.25, 0.3) is 0 Å². The molecule has 2 amide bonds. The predicted molar refractivity (Wildman–Crippen MR) is 105 cm³/mol. The number of alkyl halides is 3. The number of aryl methyl sites for hydroxylation is 1. The fraction of sp³-hybridized carbons (Fsp3) is 0.353.